The number of alkyl halides is 3. The van der Waals surface area contributed by atoms with Crippen molar-refractivity contribution in [3.05, 3.63) is 41.3 Å². The topological polar surface area (TPSA) is 70.7 Å². The van der Waals surface area contributed by atoms with Crippen molar-refractivity contribution in [2.45, 2.75) is 25.9 Å². The van der Waals surface area contributed by atoms with Crippen LogP contribution < -0.4 is 5.32 Å². The molecule has 21 heavy (non-hydrogen) atoms. The number of H-pyrrole nitrogens is 1. The zero-order valence-corrected chi connectivity index (χ0v) is 11.2. The maximum absolute atomic E-state index is 12.4. The number of pyridine rings is 1. The Bertz CT molecular complexity index is 619. The van der Waals surface area contributed by atoms with E-state index >= 15 is 0 Å². The van der Waals surface area contributed by atoms with E-state index < -0.39 is 17.8 Å². The molecule has 1 amide bonds. The van der Waals surface area contributed by atoms with Gasteiger partial charge in [0.1, 0.15) is 5.69 Å². The molecule has 2 rings (SSSR count). The molecule has 5 nitrogen and oxygen atoms in total. The molecule has 112 valence electrons. The van der Waals surface area contributed by atoms with Gasteiger partial charge in [-0.3, -0.25) is 14.9 Å². The summed E-state index contributed by atoms with van der Waals surface area (Å²) in [6, 6.07) is 4.31. The van der Waals surface area contributed by atoms with Crippen LogP contribution in [0.2, 0.25) is 0 Å². The zero-order chi connectivity index (χ0) is 15.5. The number of halogens is 3. The van der Waals surface area contributed by atoms with Crippen LogP contribution in [0.1, 0.15) is 23.9 Å². The van der Waals surface area contributed by atoms with Crippen LogP contribution in [0.15, 0.2) is 24.4 Å². The number of carbonyl (C=O) groups excluding carboxylic acids is 1. The summed E-state index contributed by atoms with van der Waals surface area (Å²) in [5, 5.41) is 7.51. The van der Waals surface area contributed by atoms with Crippen LogP contribution >= 0.6 is 0 Å². The van der Waals surface area contributed by atoms with Crippen LogP contribution in [-0.2, 0) is 23.8 Å². The molecule has 0 saturated heterocycles. The monoisotopic (exact) mass is 298 g/mol. The smallest absolute Gasteiger partial charge is 0.309 e. The highest BCUT2D eigenvalue weighted by atomic mass is 19.4. The standard InChI is InChI=1S/C13H13F3N4O/c1-2-8-3-4-9(17-7-8)5-12(21)18-11-6-10(19-20-11)13(14,15)16/h3-4,6-7H,2,5H2,1H3,(H2,18,19,20,21). The molecule has 2 N–H and O–H groups in total. The number of carbonyl (C=O) groups is 1. The molecule has 0 radical (unpaired) electrons. The first-order valence-electron chi connectivity index (χ1n) is 6.24. The molecular weight excluding hydrogens is 285 g/mol. The number of rotatable bonds is 4. The third-order valence-corrected chi connectivity index (χ3v) is 2.79. The highest BCUT2D eigenvalue weighted by molar-refractivity contribution is 5.91. The Labute approximate surface area is 118 Å². The van der Waals surface area contributed by atoms with Crippen LogP contribution in [-0.4, -0.2) is 21.1 Å². The zero-order valence-electron chi connectivity index (χ0n) is 11.2. The average molecular weight is 298 g/mol. The maximum atomic E-state index is 12.4. The van der Waals surface area contributed by atoms with Gasteiger partial charge in [-0.25, -0.2) is 0 Å². The number of amides is 1. The molecule has 2 aromatic heterocycles. The molecule has 0 saturated carbocycles. The van der Waals surface area contributed by atoms with Crippen LogP contribution in [0.3, 0.4) is 0 Å². The molecule has 0 aliphatic carbocycles. The predicted octanol–water partition coefficient (Wildman–Crippen LogP) is 2.57. The summed E-state index contributed by atoms with van der Waals surface area (Å²) in [5.41, 5.74) is 0.570. The molecule has 0 aliphatic rings. The maximum Gasteiger partial charge on any atom is 0.432 e. The fraction of sp³-hybridized carbons (Fsp3) is 0.308. The second-order valence-corrected chi connectivity index (χ2v) is 4.40. The van der Waals surface area contributed by atoms with Gasteiger partial charge in [0.25, 0.3) is 0 Å². The van der Waals surface area contributed by atoms with Crippen molar-refractivity contribution in [2.75, 3.05) is 5.32 Å². The van der Waals surface area contributed by atoms with E-state index in [1.165, 1.54) is 0 Å². The van der Waals surface area contributed by atoms with Crippen molar-refractivity contribution in [1.82, 2.24) is 15.2 Å². The largest absolute Gasteiger partial charge is 0.432 e. The Balaban J connectivity index is 1.96. The predicted molar refractivity (Wildman–Crippen MR) is 69.5 cm³/mol. The minimum absolute atomic E-state index is 0.0296. The van der Waals surface area contributed by atoms with Gasteiger partial charge in [-0.1, -0.05) is 13.0 Å². The molecule has 0 unspecified atom stereocenters. The van der Waals surface area contributed by atoms with E-state index in [4.69, 9.17) is 0 Å². The molecule has 0 bridgehead atoms. The van der Waals surface area contributed by atoms with Crippen molar-refractivity contribution in [1.29, 1.82) is 0 Å². The van der Waals surface area contributed by atoms with Gasteiger partial charge >= 0.3 is 6.18 Å². The Morgan fingerprint density at radius 3 is 2.67 bits per heavy atom. The quantitative estimate of drug-likeness (QED) is 0.911. The summed E-state index contributed by atoms with van der Waals surface area (Å²) in [6.45, 7) is 1.99. The first kappa shape index (κ1) is 15.0. The number of aryl methyl sites for hydroxylation is 1. The fourth-order valence-electron chi connectivity index (χ4n) is 1.65. The van der Waals surface area contributed by atoms with Gasteiger partial charge in [-0.2, -0.15) is 18.3 Å². The molecule has 0 spiro atoms. The van der Waals surface area contributed by atoms with E-state index in [9.17, 15) is 18.0 Å². The summed E-state index contributed by atoms with van der Waals surface area (Å²) in [6.07, 6.45) is -2.04. The second kappa shape index (κ2) is 5.94. The Morgan fingerprint density at radius 1 is 1.38 bits per heavy atom. The van der Waals surface area contributed by atoms with E-state index in [-0.39, 0.29) is 12.2 Å². The van der Waals surface area contributed by atoms with E-state index in [0.29, 0.717) is 5.69 Å². The highest BCUT2D eigenvalue weighted by Gasteiger charge is 2.33. The lowest BCUT2D eigenvalue weighted by Crippen LogP contribution is -2.15. The lowest BCUT2D eigenvalue weighted by atomic mass is 10.2. The number of nitrogens with one attached hydrogen (secondary N) is 2. The number of hydrogen-bond donors (Lipinski definition) is 2. The van der Waals surface area contributed by atoms with Gasteiger partial charge in [0, 0.05) is 18.0 Å². The number of aromatic amines is 1. The normalized spacial score (nSPS) is 11.4. The summed E-state index contributed by atoms with van der Waals surface area (Å²) in [4.78, 5) is 15.8. The molecule has 2 heterocycles. The minimum Gasteiger partial charge on any atom is -0.309 e. The van der Waals surface area contributed by atoms with Gasteiger partial charge in [-0.05, 0) is 18.1 Å². The number of anilines is 1. The third kappa shape index (κ3) is 4.04. The highest BCUT2D eigenvalue weighted by Crippen LogP contribution is 2.28. The fourth-order valence-corrected chi connectivity index (χ4v) is 1.65. The molecule has 8 heteroatoms. The van der Waals surface area contributed by atoms with Gasteiger partial charge in [-0.15, -0.1) is 0 Å². The summed E-state index contributed by atoms with van der Waals surface area (Å²) < 4.78 is 37.1. The van der Waals surface area contributed by atoms with Crippen LogP contribution in [0, 0.1) is 0 Å². The van der Waals surface area contributed by atoms with E-state index in [1.807, 2.05) is 18.1 Å². The van der Waals surface area contributed by atoms with Gasteiger partial charge in [0.15, 0.2) is 5.82 Å². The number of aromatic nitrogens is 3. The van der Waals surface area contributed by atoms with Gasteiger partial charge in [0.05, 0.1) is 6.42 Å². The van der Waals surface area contributed by atoms with E-state index in [2.05, 4.69) is 15.4 Å². The summed E-state index contributed by atoms with van der Waals surface area (Å²) in [7, 11) is 0. The minimum atomic E-state index is -4.52. The van der Waals surface area contributed by atoms with Crippen molar-refractivity contribution >= 4 is 11.7 Å². The summed E-state index contributed by atoms with van der Waals surface area (Å²) >= 11 is 0. The number of nitrogens with zero attached hydrogens (tertiary/aromatic N) is 2. The first-order chi connectivity index (χ1) is 9.88. The van der Waals surface area contributed by atoms with E-state index in [1.54, 1.807) is 12.3 Å². The lowest BCUT2D eigenvalue weighted by Gasteiger charge is -2.03. The number of hydrogen-bond acceptors (Lipinski definition) is 3. The van der Waals surface area contributed by atoms with Crippen LogP contribution in [0.25, 0.3) is 0 Å². The molecule has 0 aromatic carbocycles. The first-order valence-corrected chi connectivity index (χ1v) is 6.24. The van der Waals surface area contributed by atoms with Crippen molar-refractivity contribution in [3.8, 4) is 0 Å². The Kier molecular flexibility index (Phi) is 4.25. The van der Waals surface area contributed by atoms with Crippen molar-refractivity contribution in [3.63, 3.8) is 0 Å². The van der Waals surface area contributed by atoms with Crippen molar-refractivity contribution < 1.29 is 18.0 Å². The Morgan fingerprint density at radius 2 is 2.14 bits per heavy atom. The molecule has 0 fully saturated rings. The lowest BCUT2D eigenvalue weighted by molar-refractivity contribution is -0.141. The summed E-state index contributed by atoms with van der Waals surface area (Å²) in [5.74, 6) is -0.649. The van der Waals surface area contributed by atoms with Gasteiger partial charge in [0.2, 0.25) is 5.91 Å². The SMILES string of the molecule is CCc1ccc(CC(=O)Nc2cc(C(F)(F)F)[nH]n2)nc1. The Hall–Kier alpha value is -2.38. The second-order valence-electron chi connectivity index (χ2n) is 4.40. The van der Waals surface area contributed by atoms with Crippen molar-refractivity contribution in [2.24, 2.45) is 0 Å². The van der Waals surface area contributed by atoms with Gasteiger partial charge < -0.3 is 5.32 Å². The van der Waals surface area contributed by atoms with Crippen LogP contribution in [0.4, 0.5) is 19.0 Å². The molecule has 2 aromatic rings. The van der Waals surface area contributed by atoms with Crippen LogP contribution in [0.5, 0.6) is 0 Å². The third-order valence-electron chi connectivity index (χ3n) is 2.79. The molecule has 0 atom stereocenters. The average Bonchev–Trinajstić information content (AvgIpc) is 2.88. The molecular formula is C13H13F3N4O. The van der Waals surface area contributed by atoms with E-state index in [0.717, 1.165) is 18.1 Å². The molecule has 0 aliphatic heterocycles.